The van der Waals surface area contributed by atoms with E-state index in [9.17, 15) is 0 Å². The molecule has 1 atom stereocenters. The molecule has 0 aliphatic heterocycles. The number of benzene rings is 2. The van der Waals surface area contributed by atoms with Crippen molar-refractivity contribution in [3.8, 4) is 0 Å². The minimum absolute atomic E-state index is 0.176. The molecule has 0 aliphatic carbocycles. The van der Waals surface area contributed by atoms with E-state index in [1.807, 2.05) is 12.1 Å². The molecular formula is C18H22N2S. The lowest BCUT2D eigenvalue weighted by Gasteiger charge is -2.19. The standard InChI is InChI=1S/C18H22N2S/c1-12-6-9-16(10-7-12)20-18(21)19-15(4)17-11-13(2)5-8-14(17)3/h5-11,15H,1-4H3,(H2,19,20,21). The van der Waals surface area contributed by atoms with Gasteiger partial charge in [0.25, 0.3) is 0 Å². The van der Waals surface area contributed by atoms with Gasteiger partial charge in [-0.05, 0) is 63.2 Å². The van der Waals surface area contributed by atoms with Gasteiger partial charge in [0, 0.05) is 5.69 Å². The zero-order chi connectivity index (χ0) is 15.4. The van der Waals surface area contributed by atoms with Crippen LogP contribution in [0.15, 0.2) is 42.5 Å². The minimum Gasteiger partial charge on any atom is -0.356 e. The Bertz CT molecular complexity index is 632. The SMILES string of the molecule is Cc1ccc(NC(=S)NC(C)c2cc(C)ccc2C)cc1. The van der Waals surface area contributed by atoms with E-state index in [0.29, 0.717) is 5.11 Å². The van der Waals surface area contributed by atoms with Crippen LogP contribution in [0.4, 0.5) is 5.69 Å². The maximum absolute atomic E-state index is 5.40. The fourth-order valence-electron chi connectivity index (χ4n) is 2.30. The third kappa shape index (κ3) is 4.30. The van der Waals surface area contributed by atoms with Gasteiger partial charge in [0.15, 0.2) is 5.11 Å². The zero-order valence-corrected chi connectivity index (χ0v) is 13.8. The van der Waals surface area contributed by atoms with Gasteiger partial charge in [-0.1, -0.05) is 41.5 Å². The Kier molecular flexibility index (Phi) is 4.97. The number of anilines is 1. The van der Waals surface area contributed by atoms with Crippen LogP contribution in [0.25, 0.3) is 0 Å². The molecular weight excluding hydrogens is 276 g/mol. The Balaban J connectivity index is 2.01. The number of hydrogen-bond acceptors (Lipinski definition) is 1. The Morgan fingerprint density at radius 2 is 1.57 bits per heavy atom. The molecule has 0 heterocycles. The topological polar surface area (TPSA) is 24.1 Å². The molecule has 0 spiro atoms. The van der Waals surface area contributed by atoms with Crippen LogP contribution in [0.1, 0.15) is 35.2 Å². The van der Waals surface area contributed by atoms with Gasteiger partial charge >= 0.3 is 0 Å². The van der Waals surface area contributed by atoms with E-state index in [-0.39, 0.29) is 6.04 Å². The Labute approximate surface area is 132 Å². The van der Waals surface area contributed by atoms with Crippen molar-refractivity contribution in [3.63, 3.8) is 0 Å². The van der Waals surface area contributed by atoms with Crippen LogP contribution in [0.3, 0.4) is 0 Å². The highest BCUT2D eigenvalue weighted by Crippen LogP contribution is 2.19. The summed E-state index contributed by atoms with van der Waals surface area (Å²) in [5.74, 6) is 0. The molecule has 0 aliphatic rings. The molecule has 2 aromatic carbocycles. The second kappa shape index (κ2) is 6.72. The summed E-state index contributed by atoms with van der Waals surface area (Å²) in [5, 5.41) is 7.22. The highest BCUT2D eigenvalue weighted by molar-refractivity contribution is 7.80. The van der Waals surface area contributed by atoms with E-state index in [4.69, 9.17) is 12.2 Å². The van der Waals surface area contributed by atoms with E-state index in [1.54, 1.807) is 0 Å². The molecule has 0 saturated carbocycles. The predicted octanol–water partition coefficient (Wildman–Crippen LogP) is 4.66. The second-order valence-electron chi connectivity index (χ2n) is 5.55. The van der Waals surface area contributed by atoms with Gasteiger partial charge in [-0.2, -0.15) is 0 Å². The number of nitrogens with one attached hydrogen (secondary N) is 2. The van der Waals surface area contributed by atoms with E-state index in [0.717, 1.165) is 5.69 Å². The predicted molar refractivity (Wildman–Crippen MR) is 94.9 cm³/mol. The largest absolute Gasteiger partial charge is 0.356 e. The third-order valence-corrected chi connectivity index (χ3v) is 3.78. The molecule has 110 valence electrons. The van der Waals surface area contributed by atoms with Crippen molar-refractivity contribution in [2.45, 2.75) is 33.7 Å². The van der Waals surface area contributed by atoms with Crippen molar-refractivity contribution in [2.24, 2.45) is 0 Å². The van der Waals surface area contributed by atoms with Crippen LogP contribution in [0.5, 0.6) is 0 Å². The van der Waals surface area contributed by atoms with Crippen LogP contribution in [0.2, 0.25) is 0 Å². The number of aryl methyl sites for hydroxylation is 3. The molecule has 0 bridgehead atoms. The average molecular weight is 298 g/mol. The molecule has 0 amide bonds. The summed E-state index contributed by atoms with van der Waals surface area (Å²) in [4.78, 5) is 0. The average Bonchev–Trinajstić information content (AvgIpc) is 2.44. The molecule has 2 N–H and O–H groups in total. The molecule has 2 aromatic rings. The molecule has 0 fully saturated rings. The first-order valence-electron chi connectivity index (χ1n) is 7.17. The van der Waals surface area contributed by atoms with Gasteiger partial charge in [0.1, 0.15) is 0 Å². The van der Waals surface area contributed by atoms with Gasteiger partial charge in [-0.3, -0.25) is 0 Å². The number of hydrogen-bond donors (Lipinski definition) is 2. The first-order chi connectivity index (χ1) is 9.95. The maximum atomic E-state index is 5.40. The zero-order valence-electron chi connectivity index (χ0n) is 13.0. The van der Waals surface area contributed by atoms with Crippen LogP contribution in [-0.4, -0.2) is 5.11 Å². The summed E-state index contributed by atoms with van der Waals surface area (Å²) in [6.45, 7) is 8.44. The lowest BCUT2D eigenvalue weighted by molar-refractivity contribution is 0.716. The van der Waals surface area contributed by atoms with Crippen LogP contribution in [-0.2, 0) is 0 Å². The molecule has 21 heavy (non-hydrogen) atoms. The van der Waals surface area contributed by atoms with Crippen molar-refractivity contribution >= 4 is 23.0 Å². The molecule has 2 nitrogen and oxygen atoms in total. The lowest BCUT2D eigenvalue weighted by atomic mass is 10.0. The highest BCUT2D eigenvalue weighted by Gasteiger charge is 2.10. The van der Waals surface area contributed by atoms with Crippen molar-refractivity contribution < 1.29 is 0 Å². The second-order valence-corrected chi connectivity index (χ2v) is 5.95. The summed E-state index contributed by atoms with van der Waals surface area (Å²) in [6, 6.07) is 14.9. The fraction of sp³-hybridized carbons (Fsp3) is 0.278. The monoisotopic (exact) mass is 298 g/mol. The molecule has 0 saturated heterocycles. The minimum atomic E-state index is 0.176. The van der Waals surface area contributed by atoms with Gasteiger partial charge in [-0.25, -0.2) is 0 Å². The highest BCUT2D eigenvalue weighted by atomic mass is 32.1. The van der Waals surface area contributed by atoms with Gasteiger partial charge in [-0.15, -0.1) is 0 Å². The lowest BCUT2D eigenvalue weighted by Crippen LogP contribution is -2.31. The first-order valence-corrected chi connectivity index (χ1v) is 7.58. The van der Waals surface area contributed by atoms with E-state index >= 15 is 0 Å². The van der Waals surface area contributed by atoms with Gasteiger partial charge in [0.2, 0.25) is 0 Å². The number of thiocarbonyl (C=S) groups is 1. The van der Waals surface area contributed by atoms with Gasteiger partial charge < -0.3 is 10.6 Å². The normalized spacial score (nSPS) is 11.8. The molecule has 2 rings (SSSR count). The van der Waals surface area contributed by atoms with E-state index in [1.165, 1.54) is 22.3 Å². The Hall–Kier alpha value is -1.87. The van der Waals surface area contributed by atoms with Crippen molar-refractivity contribution in [1.82, 2.24) is 5.32 Å². The van der Waals surface area contributed by atoms with Crippen molar-refractivity contribution in [3.05, 3.63) is 64.7 Å². The third-order valence-electron chi connectivity index (χ3n) is 3.56. The fourth-order valence-corrected chi connectivity index (χ4v) is 2.60. The number of rotatable bonds is 3. The molecule has 0 radical (unpaired) electrons. The molecule has 1 unspecified atom stereocenters. The molecule has 3 heteroatoms. The maximum Gasteiger partial charge on any atom is 0.171 e. The first kappa shape index (κ1) is 15.5. The smallest absolute Gasteiger partial charge is 0.171 e. The summed E-state index contributed by atoms with van der Waals surface area (Å²) >= 11 is 5.40. The Morgan fingerprint density at radius 3 is 2.24 bits per heavy atom. The van der Waals surface area contributed by atoms with Crippen LogP contribution < -0.4 is 10.6 Å². The van der Waals surface area contributed by atoms with Crippen molar-refractivity contribution in [1.29, 1.82) is 0 Å². The summed E-state index contributed by atoms with van der Waals surface area (Å²) in [5.41, 5.74) is 6.07. The van der Waals surface area contributed by atoms with E-state index in [2.05, 4.69) is 68.7 Å². The van der Waals surface area contributed by atoms with Crippen LogP contribution in [0, 0.1) is 20.8 Å². The summed E-state index contributed by atoms with van der Waals surface area (Å²) in [6.07, 6.45) is 0. The summed E-state index contributed by atoms with van der Waals surface area (Å²) < 4.78 is 0. The Morgan fingerprint density at radius 1 is 0.952 bits per heavy atom. The van der Waals surface area contributed by atoms with E-state index < -0.39 is 0 Å². The quantitative estimate of drug-likeness (QED) is 0.806. The van der Waals surface area contributed by atoms with Gasteiger partial charge in [0.05, 0.1) is 6.04 Å². The molecule has 0 aromatic heterocycles. The van der Waals surface area contributed by atoms with Crippen molar-refractivity contribution in [2.75, 3.05) is 5.32 Å². The van der Waals surface area contributed by atoms with Crippen LogP contribution >= 0.6 is 12.2 Å². The summed E-state index contributed by atoms with van der Waals surface area (Å²) in [7, 11) is 0.